The Morgan fingerprint density at radius 3 is 2.74 bits per heavy atom. The predicted octanol–water partition coefficient (Wildman–Crippen LogP) is 4.57. The maximum atomic E-state index is 12.5. The number of nitrogens with zero attached hydrogens (tertiary/aromatic N) is 1. The molecule has 1 heterocycles. The van der Waals surface area contributed by atoms with Crippen molar-refractivity contribution < 1.29 is 9.32 Å². The fourth-order valence-electron chi connectivity index (χ4n) is 3.57. The Hall–Kier alpha value is -2.42. The van der Waals surface area contributed by atoms with E-state index in [-0.39, 0.29) is 11.2 Å². The van der Waals surface area contributed by atoms with Crippen LogP contribution in [0.15, 0.2) is 47.0 Å². The third-order valence-electron chi connectivity index (χ3n) is 4.63. The van der Waals surface area contributed by atoms with Crippen molar-refractivity contribution >= 4 is 16.6 Å². The molecule has 1 aliphatic rings. The Bertz CT molecular complexity index is 900. The highest BCUT2D eigenvalue weighted by Crippen LogP contribution is 2.36. The third kappa shape index (κ3) is 2.46. The van der Waals surface area contributed by atoms with Gasteiger partial charge in [-0.15, -0.1) is 0 Å². The van der Waals surface area contributed by atoms with Gasteiger partial charge in [0.2, 0.25) is 0 Å². The van der Waals surface area contributed by atoms with E-state index in [1.807, 2.05) is 12.1 Å². The van der Waals surface area contributed by atoms with Crippen molar-refractivity contribution in [3.05, 3.63) is 65.0 Å². The number of carbonyl (C=O) groups excluding carboxylic acids is 1. The van der Waals surface area contributed by atoms with Gasteiger partial charge in [-0.2, -0.15) is 0 Å². The van der Waals surface area contributed by atoms with E-state index in [0.717, 1.165) is 23.4 Å². The van der Waals surface area contributed by atoms with Crippen LogP contribution in [0.3, 0.4) is 0 Å². The summed E-state index contributed by atoms with van der Waals surface area (Å²) in [6, 6.07) is 14.5. The summed E-state index contributed by atoms with van der Waals surface area (Å²) in [6.07, 6.45) is 1.96. The maximum Gasteiger partial charge on any atom is 0.168 e. The zero-order valence-corrected chi connectivity index (χ0v) is 13.4. The number of hydrogen-bond acceptors (Lipinski definition) is 3. The summed E-state index contributed by atoms with van der Waals surface area (Å²) in [5, 5.41) is 6.63. The van der Waals surface area contributed by atoms with Gasteiger partial charge in [-0.25, -0.2) is 0 Å². The molecule has 0 spiro atoms. The van der Waals surface area contributed by atoms with E-state index in [1.165, 1.54) is 16.3 Å². The quantitative estimate of drug-likeness (QED) is 0.696. The maximum absolute atomic E-state index is 12.5. The van der Waals surface area contributed by atoms with E-state index < -0.39 is 0 Å². The molecule has 0 aliphatic heterocycles. The largest absolute Gasteiger partial charge is 0.360 e. The van der Waals surface area contributed by atoms with Crippen molar-refractivity contribution in [2.75, 3.05) is 0 Å². The highest BCUT2D eigenvalue weighted by atomic mass is 16.5. The van der Waals surface area contributed by atoms with E-state index in [9.17, 15) is 4.79 Å². The van der Waals surface area contributed by atoms with Gasteiger partial charge in [-0.05, 0) is 21.8 Å². The number of rotatable bonds is 2. The number of benzene rings is 2. The molecule has 0 amide bonds. The normalized spacial score (nSPS) is 16.5. The number of ketones is 1. The van der Waals surface area contributed by atoms with Gasteiger partial charge in [0, 0.05) is 19.3 Å². The van der Waals surface area contributed by atoms with Crippen molar-refractivity contribution in [2.24, 2.45) is 5.41 Å². The molecule has 23 heavy (non-hydrogen) atoms. The van der Waals surface area contributed by atoms with E-state index in [1.54, 1.807) is 0 Å². The van der Waals surface area contributed by atoms with Crippen LogP contribution < -0.4 is 0 Å². The van der Waals surface area contributed by atoms with E-state index in [2.05, 4.69) is 49.3 Å². The number of carbonyl (C=O) groups is 1. The Labute approximate surface area is 135 Å². The molecular weight excluding hydrogens is 286 g/mol. The lowest BCUT2D eigenvalue weighted by molar-refractivity contribution is 0.0901. The molecule has 0 bridgehead atoms. The van der Waals surface area contributed by atoms with Gasteiger partial charge in [0.25, 0.3) is 0 Å². The van der Waals surface area contributed by atoms with Gasteiger partial charge in [0.05, 0.1) is 11.3 Å². The zero-order chi connectivity index (χ0) is 16.0. The molecule has 116 valence electrons. The number of fused-ring (bicyclic) bond motifs is 2. The summed E-state index contributed by atoms with van der Waals surface area (Å²) in [7, 11) is 0. The van der Waals surface area contributed by atoms with Crippen LogP contribution in [0.2, 0.25) is 0 Å². The predicted molar refractivity (Wildman–Crippen MR) is 89.7 cm³/mol. The van der Waals surface area contributed by atoms with Crippen LogP contribution >= 0.6 is 0 Å². The smallest absolute Gasteiger partial charge is 0.168 e. The molecule has 3 nitrogen and oxygen atoms in total. The summed E-state index contributed by atoms with van der Waals surface area (Å²) in [6.45, 7) is 4.20. The molecule has 0 saturated heterocycles. The first-order valence-electron chi connectivity index (χ1n) is 8.01. The van der Waals surface area contributed by atoms with Crippen LogP contribution in [-0.2, 0) is 12.8 Å². The van der Waals surface area contributed by atoms with Crippen molar-refractivity contribution in [3.63, 3.8) is 0 Å². The molecule has 0 unspecified atom stereocenters. The molecule has 1 aromatic heterocycles. The number of aromatic nitrogens is 1. The molecule has 0 atom stereocenters. The Balaban J connectivity index is 1.76. The van der Waals surface area contributed by atoms with E-state index >= 15 is 0 Å². The third-order valence-corrected chi connectivity index (χ3v) is 4.63. The lowest BCUT2D eigenvalue weighted by Crippen LogP contribution is -2.26. The summed E-state index contributed by atoms with van der Waals surface area (Å²) in [5.74, 6) is 0.911. The highest BCUT2D eigenvalue weighted by Gasteiger charge is 2.36. The lowest BCUT2D eigenvalue weighted by atomic mass is 9.76. The minimum absolute atomic E-state index is 0.0413. The standard InChI is InChI=1S/C20H19NO2/c1-20(2)11-17(22)19-16(21-23-18(19)12-20)10-14-8-5-7-13-6-3-4-9-15(13)14/h3-9H,10-12H2,1-2H3. The van der Waals surface area contributed by atoms with Gasteiger partial charge in [-0.3, -0.25) is 4.79 Å². The van der Waals surface area contributed by atoms with Gasteiger partial charge >= 0.3 is 0 Å². The van der Waals surface area contributed by atoms with E-state index in [4.69, 9.17) is 4.52 Å². The average molecular weight is 305 g/mol. The first-order valence-corrected chi connectivity index (χ1v) is 8.01. The second-order valence-corrected chi connectivity index (χ2v) is 7.18. The molecule has 3 aromatic rings. The fourth-order valence-corrected chi connectivity index (χ4v) is 3.57. The van der Waals surface area contributed by atoms with Crippen molar-refractivity contribution in [3.8, 4) is 0 Å². The Morgan fingerprint density at radius 2 is 1.87 bits per heavy atom. The van der Waals surface area contributed by atoms with Gasteiger partial charge in [-0.1, -0.05) is 61.5 Å². The van der Waals surface area contributed by atoms with Gasteiger partial charge in [0.1, 0.15) is 5.76 Å². The second-order valence-electron chi connectivity index (χ2n) is 7.18. The first-order chi connectivity index (χ1) is 11.0. The van der Waals surface area contributed by atoms with Crippen LogP contribution in [0, 0.1) is 5.41 Å². The minimum Gasteiger partial charge on any atom is -0.360 e. The molecule has 0 N–H and O–H groups in total. The van der Waals surface area contributed by atoms with Crippen molar-refractivity contribution in [1.29, 1.82) is 0 Å². The molecular formula is C20H19NO2. The molecule has 1 aliphatic carbocycles. The molecule has 3 heteroatoms. The molecule has 2 aromatic carbocycles. The summed E-state index contributed by atoms with van der Waals surface area (Å²) >= 11 is 0. The van der Waals surface area contributed by atoms with Crippen LogP contribution in [0.5, 0.6) is 0 Å². The zero-order valence-electron chi connectivity index (χ0n) is 13.4. The van der Waals surface area contributed by atoms with E-state index in [0.29, 0.717) is 12.8 Å². The first kappa shape index (κ1) is 14.2. The fraction of sp³-hybridized carbons (Fsp3) is 0.300. The van der Waals surface area contributed by atoms with Crippen LogP contribution in [-0.4, -0.2) is 10.9 Å². The van der Waals surface area contributed by atoms with Gasteiger partial charge < -0.3 is 4.52 Å². The average Bonchev–Trinajstić information content (AvgIpc) is 2.89. The van der Waals surface area contributed by atoms with Crippen LogP contribution in [0.1, 0.15) is 47.6 Å². The SMILES string of the molecule is CC1(C)CC(=O)c2c(Cc3cccc4ccccc34)noc2C1. The topological polar surface area (TPSA) is 43.1 Å². The monoisotopic (exact) mass is 305 g/mol. The highest BCUT2D eigenvalue weighted by molar-refractivity contribution is 5.99. The van der Waals surface area contributed by atoms with Crippen molar-refractivity contribution in [1.82, 2.24) is 5.16 Å². The Morgan fingerprint density at radius 1 is 1.09 bits per heavy atom. The molecule has 0 saturated carbocycles. The van der Waals surface area contributed by atoms with Gasteiger partial charge in [0.15, 0.2) is 5.78 Å². The van der Waals surface area contributed by atoms with Crippen LogP contribution in [0.25, 0.3) is 10.8 Å². The Kier molecular flexibility index (Phi) is 3.12. The minimum atomic E-state index is -0.0413. The molecule has 0 fully saturated rings. The summed E-state index contributed by atoms with van der Waals surface area (Å²) < 4.78 is 5.51. The molecule has 4 rings (SSSR count). The van der Waals surface area contributed by atoms with Crippen LogP contribution in [0.4, 0.5) is 0 Å². The lowest BCUT2D eigenvalue weighted by Gasteiger charge is -2.26. The summed E-state index contributed by atoms with van der Waals surface area (Å²) in [4.78, 5) is 12.5. The number of Topliss-reactive ketones (excluding diaryl/α,β-unsaturated/α-hetero) is 1. The second kappa shape index (κ2) is 5.05. The number of hydrogen-bond donors (Lipinski definition) is 0. The summed E-state index contributed by atoms with van der Waals surface area (Å²) in [5.41, 5.74) is 2.63. The van der Waals surface area contributed by atoms with Crippen molar-refractivity contribution in [2.45, 2.75) is 33.1 Å². The molecule has 0 radical (unpaired) electrons.